The number of carbonyl (C=O) groups is 1. The number of piperidine rings is 1. The molecule has 1 aromatic heterocycles. The van der Waals surface area contributed by atoms with Gasteiger partial charge < -0.3 is 9.47 Å². The number of amides is 1. The van der Waals surface area contributed by atoms with Crippen molar-refractivity contribution in [3.8, 4) is 0 Å². The standard InChI is InChI=1S/C21H28N4O/c1-2-23-17-22-14-19(23)16-25-13-7-11-21(25)10-6-12-24(20(21)26)15-18-8-4-3-5-9-18/h3-5,8-9,14,17H,2,6-7,10-13,15-16H2,1H3. The number of aromatic nitrogens is 2. The first-order valence-electron chi connectivity index (χ1n) is 9.80. The number of likely N-dealkylation sites (tertiary alicyclic amines) is 2. The number of imidazole rings is 1. The van der Waals surface area contributed by atoms with Crippen LogP contribution >= 0.6 is 0 Å². The van der Waals surface area contributed by atoms with Crippen molar-refractivity contribution in [3.05, 3.63) is 54.1 Å². The SMILES string of the molecule is CCn1cncc1CN1CCCC12CCCN(Cc1ccccc1)C2=O. The summed E-state index contributed by atoms with van der Waals surface area (Å²) in [5.74, 6) is 0.327. The molecule has 0 radical (unpaired) electrons. The van der Waals surface area contributed by atoms with Gasteiger partial charge in [0.2, 0.25) is 5.91 Å². The van der Waals surface area contributed by atoms with Crippen LogP contribution in [0.5, 0.6) is 0 Å². The van der Waals surface area contributed by atoms with Gasteiger partial charge in [-0.15, -0.1) is 0 Å². The predicted molar refractivity (Wildman–Crippen MR) is 101 cm³/mol. The molecule has 2 aromatic rings. The quantitative estimate of drug-likeness (QED) is 0.830. The summed E-state index contributed by atoms with van der Waals surface area (Å²) in [5, 5.41) is 0. The summed E-state index contributed by atoms with van der Waals surface area (Å²) in [6.07, 6.45) is 8.00. The highest BCUT2D eigenvalue weighted by Crippen LogP contribution is 2.39. The highest BCUT2D eigenvalue weighted by molar-refractivity contribution is 5.87. The molecule has 2 aliphatic heterocycles. The van der Waals surface area contributed by atoms with Crippen LogP contribution in [0.2, 0.25) is 0 Å². The van der Waals surface area contributed by atoms with Gasteiger partial charge in [0.05, 0.1) is 12.0 Å². The molecule has 0 N–H and O–H groups in total. The van der Waals surface area contributed by atoms with Gasteiger partial charge in [-0.2, -0.15) is 0 Å². The Bertz CT molecular complexity index is 756. The Balaban J connectivity index is 1.54. The predicted octanol–water partition coefficient (Wildman–Crippen LogP) is 3.06. The van der Waals surface area contributed by atoms with E-state index in [0.29, 0.717) is 5.91 Å². The molecule has 2 aliphatic rings. The Kier molecular flexibility index (Phi) is 4.81. The highest BCUT2D eigenvalue weighted by Gasteiger charge is 2.50. The lowest BCUT2D eigenvalue weighted by Crippen LogP contribution is -2.59. The third kappa shape index (κ3) is 3.05. The van der Waals surface area contributed by atoms with Crippen LogP contribution in [0.25, 0.3) is 0 Å². The van der Waals surface area contributed by atoms with Gasteiger partial charge >= 0.3 is 0 Å². The Morgan fingerprint density at radius 3 is 2.62 bits per heavy atom. The van der Waals surface area contributed by atoms with E-state index in [1.54, 1.807) is 0 Å². The van der Waals surface area contributed by atoms with Gasteiger partial charge in [-0.05, 0) is 44.7 Å². The summed E-state index contributed by atoms with van der Waals surface area (Å²) in [6.45, 7) is 6.47. The number of rotatable bonds is 5. The Morgan fingerprint density at radius 2 is 1.85 bits per heavy atom. The van der Waals surface area contributed by atoms with Crippen LogP contribution in [0, 0.1) is 0 Å². The van der Waals surface area contributed by atoms with Crippen LogP contribution in [0.4, 0.5) is 0 Å². The van der Waals surface area contributed by atoms with Crippen molar-refractivity contribution >= 4 is 5.91 Å². The second kappa shape index (κ2) is 7.23. The zero-order valence-corrected chi connectivity index (χ0v) is 15.6. The Hall–Kier alpha value is -2.14. The molecule has 1 amide bonds. The van der Waals surface area contributed by atoms with Gasteiger partial charge in [0.25, 0.3) is 0 Å². The lowest BCUT2D eigenvalue weighted by atomic mass is 9.85. The number of hydrogen-bond acceptors (Lipinski definition) is 3. The average Bonchev–Trinajstić information content (AvgIpc) is 3.28. The van der Waals surface area contributed by atoms with Crippen molar-refractivity contribution in [1.82, 2.24) is 19.4 Å². The fourth-order valence-corrected chi connectivity index (χ4v) is 4.67. The van der Waals surface area contributed by atoms with Crippen LogP contribution in [0.15, 0.2) is 42.9 Å². The molecule has 0 aliphatic carbocycles. The molecule has 138 valence electrons. The van der Waals surface area contributed by atoms with E-state index in [0.717, 1.165) is 58.4 Å². The molecule has 2 saturated heterocycles. The molecule has 26 heavy (non-hydrogen) atoms. The van der Waals surface area contributed by atoms with Crippen molar-refractivity contribution in [1.29, 1.82) is 0 Å². The number of benzene rings is 1. The maximum Gasteiger partial charge on any atom is 0.243 e. The fourth-order valence-electron chi connectivity index (χ4n) is 4.67. The fraction of sp³-hybridized carbons (Fsp3) is 0.524. The van der Waals surface area contributed by atoms with E-state index in [4.69, 9.17) is 0 Å². The molecule has 1 aromatic carbocycles. The molecule has 3 heterocycles. The molecule has 1 spiro atoms. The van der Waals surface area contributed by atoms with Gasteiger partial charge in [-0.3, -0.25) is 9.69 Å². The summed E-state index contributed by atoms with van der Waals surface area (Å²) in [7, 11) is 0. The molecule has 5 nitrogen and oxygen atoms in total. The smallest absolute Gasteiger partial charge is 0.243 e. The van der Waals surface area contributed by atoms with Crippen molar-refractivity contribution in [3.63, 3.8) is 0 Å². The van der Waals surface area contributed by atoms with Crippen molar-refractivity contribution in [2.24, 2.45) is 0 Å². The zero-order chi connectivity index (χ0) is 18.0. The minimum atomic E-state index is -0.310. The molecule has 0 bridgehead atoms. The molecule has 1 atom stereocenters. The van der Waals surface area contributed by atoms with E-state index in [-0.39, 0.29) is 5.54 Å². The summed E-state index contributed by atoms with van der Waals surface area (Å²) in [4.78, 5) is 22.3. The molecule has 0 saturated carbocycles. The van der Waals surface area contributed by atoms with E-state index < -0.39 is 0 Å². The number of aryl methyl sites for hydroxylation is 1. The van der Waals surface area contributed by atoms with Crippen molar-refractivity contribution in [2.45, 2.75) is 57.8 Å². The van der Waals surface area contributed by atoms with E-state index in [1.807, 2.05) is 30.7 Å². The summed E-state index contributed by atoms with van der Waals surface area (Å²) < 4.78 is 2.18. The van der Waals surface area contributed by atoms with Crippen LogP contribution in [0.3, 0.4) is 0 Å². The number of nitrogens with zero attached hydrogens (tertiary/aromatic N) is 4. The van der Waals surface area contributed by atoms with E-state index >= 15 is 0 Å². The van der Waals surface area contributed by atoms with Gasteiger partial charge in [0, 0.05) is 32.4 Å². The first-order valence-corrected chi connectivity index (χ1v) is 9.80. The van der Waals surface area contributed by atoms with Crippen LogP contribution in [0.1, 0.15) is 43.9 Å². The van der Waals surface area contributed by atoms with Gasteiger partial charge in [-0.1, -0.05) is 30.3 Å². The van der Waals surface area contributed by atoms with Gasteiger partial charge in [0.1, 0.15) is 5.54 Å². The minimum Gasteiger partial charge on any atom is -0.337 e. The Morgan fingerprint density at radius 1 is 1.08 bits per heavy atom. The van der Waals surface area contributed by atoms with E-state index in [2.05, 4.69) is 38.4 Å². The largest absolute Gasteiger partial charge is 0.337 e. The van der Waals surface area contributed by atoms with Gasteiger partial charge in [-0.25, -0.2) is 4.98 Å². The zero-order valence-electron chi connectivity index (χ0n) is 15.6. The monoisotopic (exact) mass is 352 g/mol. The minimum absolute atomic E-state index is 0.310. The molecule has 5 heteroatoms. The first kappa shape index (κ1) is 17.3. The summed E-state index contributed by atoms with van der Waals surface area (Å²) in [5.41, 5.74) is 2.11. The van der Waals surface area contributed by atoms with Gasteiger partial charge in [0.15, 0.2) is 0 Å². The molecular formula is C21H28N4O. The van der Waals surface area contributed by atoms with Crippen molar-refractivity contribution in [2.75, 3.05) is 13.1 Å². The molecule has 1 unspecified atom stereocenters. The lowest BCUT2D eigenvalue weighted by molar-refractivity contribution is -0.148. The molecule has 2 fully saturated rings. The maximum absolute atomic E-state index is 13.5. The summed E-state index contributed by atoms with van der Waals surface area (Å²) >= 11 is 0. The second-order valence-corrected chi connectivity index (χ2v) is 7.54. The van der Waals surface area contributed by atoms with E-state index in [1.165, 1.54) is 11.3 Å². The highest BCUT2D eigenvalue weighted by atomic mass is 16.2. The van der Waals surface area contributed by atoms with Crippen LogP contribution < -0.4 is 0 Å². The third-order valence-corrected chi connectivity index (χ3v) is 6.04. The normalized spacial score (nSPS) is 23.9. The summed E-state index contributed by atoms with van der Waals surface area (Å²) in [6, 6.07) is 10.3. The van der Waals surface area contributed by atoms with E-state index in [9.17, 15) is 4.79 Å². The maximum atomic E-state index is 13.5. The Labute approximate surface area is 155 Å². The first-order chi connectivity index (χ1) is 12.7. The number of carbonyl (C=O) groups excluding carboxylic acids is 1. The van der Waals surface area contributed by atoms with Crippen LogP contribution in [-0.4, -0.2) is 43.9 Å². The number of hydrogen-bond donors (Lipinski definition) is 0. The second-order valence-electron chi connectivity index (χ2n) is 7.54. The average molecular weight is 352 g/mol. The topological polar surface area (TPSA) is 41.4 Å². The molecule has 4 rings (SSSR count). The lowest BCUT2D eigenvalue weighted by Gasteiger charge is -2.44. The van der Waals surface area contributed by atoms with Crippen LogP contribution in [-0.2, 0) is 24.4 Å². The molecular weight excluding hydrogens is 324 g/mol. The third-order valence-electron chi connectivity index (χ3n) is 6.04. The van der Waals surface area contributed by atoms with Crippen molar-refractivity contribution < 1.29 is 4.79 Å².